The lowest BCUT2D eigenvalue weighted by Gasteiger charge is -2.10. The number of hydrogen-bond acceptors (Lipinski definition) is 4. The van der Waals surface area contributed by atoms with Gasteiger partial charge in [-0.05, 0) is 18.6 Å². The van der Waals surface area contributed by atoms with Crippen molar-refractivity contribution in [1.82, 2.24) is 14.5 Å². The molecule has 1 aromatic carbocycles. The highest BCUT2D eigenvalue weighted by Crippen LogP contribution is 2.19. The third-order valence-electron chi connectivity index (χ3n) is 2.55. The largest absolute Gasteiger partial charge is 0.396 e. The van der Waals surface area contributed by atoms with E-state index in [1.807, 2.05) is 6.92 Å². The molecule has 0 radical (unpaired) electrons. The molecule has 0 aliphatic rings. The monoisotopic (exact) mass is 280 g/mol. The minimum atomic E-state index is -3.54. The van der Waals surface area contributed by atoms with Crippen molar-refractivity contribution in [2.45, 2.75) is 18.2 Å². The van der Waals surface area contributed by atoms with Crippen LogP contribution in [0.25, 0.3) is 5.69 Å². The van der Waals surface area contributed by atoms with Crippen molar-refractivity contribution in [1.29, 1.82) is 0 Å². The van der Waals surface area contributed by atoms with E-state index in [-0.39, 0.29) is 4.90 Å². The second-order valence-corrected chi connectivity index (χ2v) is 5.82. The van der Waals surface area contributed by atoms with Crippen LogP contribution in [0.4, 0.5) is 5.69 Å². The highest BCUT2D eigenvalue weighted by molar-refractivity contribution is 7.89. The van der Waals surface area contributed by atoms with Crippen LogP contribution in [-0.2, 0) is 10.0 Å². The molecule has 0 fully saturated rings. The van der Waals surface area contributed by atoms with Crippen LogP contribution in [0.15, 0.2) is 41.6 Å². The normalized spacial score (nSPS) is 11.6. The summed E-state index contributed by atoms with van der Waals surface area (Å²) in [4.78, 5) is 0.187. The Morgan fingerprint density at radius 1 is 1.37 bits per heavy atom. The molecule has 2 rings (SSSR count). The maximum absolute atomic E-state index is 12.2. The highest BCUT2D eigenvalue weighted by Gasteiger charge is 2.18. The van der Waals surface area contributed by atoms with E-state index in [2.05, 4.69) is 9.82 Å². The fourth-order valence-electron chi connectivity index (χ4n) is 1.66. The second-order valence-electron chi connectivity index (χ2n) is 4.08. The van der Waals surface area contributed by atoms with Gasteiger partial charge in [0.15, 0.2) is 0 Å². The Labute approximate surface area is 112 Å². The van der Waals surface area contributed by atoms with Crippen molar-refractivity contribution in [3.05, 3.63) is 36.7 Å². The van der Waals surface area contributed by atoms with E-state index in [1.165, 1.54) is 10.9 Å². The second kappa shape index (κ2) is 5.41. The fraction of sp³-hybridized carbons (Fsp3) is 0.250. The minimum Gasteiger partial charge on any atom is -0.396 e. The van der Waals surface area contributed by atoms with E-state index in [0.29, 0.717) is 17.9 Å². The summed E-state index contributed by atoms with van der Waals surface area (Å²) in [6.07, 6.45) is 3.78. The molecule has 102 valence electrons. The number of hydrogen-bond donors (Lipinski definition) is 2. The summed E-state index contributed by atoms with van der Waals surface area (Å²) >= 11 is 0. The molecule has 0 spiro atoms. The molecule has 0 saturated carbocycles. The molecule has 7 heteroatoms. The van der Waals surface area contributed by atoms with Crippen LogP contribution in [0.2, 0.25) is 0 Å². The lowest BCUT2D eigenvalue weighted by Crippen LogP contribution is -2.25. The van der Waals surface area contributed by atoms with E-state index in [4.69, 9.17) is 5.73 Å². The van der Waals surface area contributed by atoms with Gasteiger partial charge in [0.2, 0.25) is 10.0 Å². The maximum atomic E-state index is 12.2. The molecule has 2 aromatic rings. The number of nitrogens with two attached hydrogens (primary N) is 1. The first kappa shape index (κ1) is 13.6. The zero-order valence-corrected chi connectivity index (χ0v) is 11.4. The number of nitrogen functional groups attached to an aromatic ring is 1. The van der Waals surface area contributed by atoms with Crippen LogP contribution in [0.3, 0.4) is 0 Å². The Kier molecular flexibility index (Phi) is 3.87. The van der Waals surface area contributed by atoms with Gasteiger partial charge >= 0.3 is 0 Å². The van der Waals surface area contributed by atoms with Gasteiger partial charge in [0.25, 0.3) is 0 Å². The van der Waals surface area contributed by atoms with Crippen LogP contribution >= 0.6 is 0 Å². The average molecular weight is 280 g/mol. The first-order valence-corrected chi connectivity index (χ1v) is 7.42. The van der Waals surface area contributed by atoms with E-state index in [9.17, 15) is 8.42 Å². The number of nitrogens with one attached hydrogen (secondary N) is 1. The van der Waals surface area contributed by atoms with Crippen LogP contribution in [0.5, 0.6) is 0 Å². The summed E-state index contributed by atoms with van der Waals surface area (Å²) < 4.78 is 28.4. The van der Waals surface area contributed by atoms with Crippen molar-refractivity contribution in [2.75, 3.05) is 12.3 Å². The number of rotatable bonds is 5. The Hall–Kier alpha value is -1.86. The van der Waals surface area contributed by atoms with Gasteiger partial charge in [-0.3, -0.25) is 0 Å². The van der Waals surface area contributed by atoms with Crippen LogP contribution < -0.4 is 10.5 Å². The van der Waals surface area contributed by atoms with Gasteiger partial charge in [-0.15, -0.1) is 0 Å². The molecule has 19 heavy (non-hydrogen) atoms. The molecule has 0 bridgehead atoms. The fourth-order valence-corrected chi connectivity index (χ4v) is 2.98. The van der Waals surface area contributed by atoms with Gasteiger partial charge in [0.1, 0.15) is 4.90 Å². The Morgan fingerprint density at radius 2 is 2.11 bits per heavy atom. The predicted molar refractivity (Wildman–Crippen MR) is 73.5 cm³/mol. The lowest BCUT2D eigenvalue weighted by atomic mass is 10.3. The zero-order valence-electron chi connectivity index (χ0n) is 10.6. The molecular formula is C12H16N4O2S. The summed E-state index contributed by atoms with van der Waals surface area (Å²) in [7, 11) is -3.54. The Morgan fingerprint density at radius 3 is 2.74 bits per heavy atom. The van der Waals surface area contributed by atoms with Crippen molar-refractivity contribution in [3.8, 4) is 5.69 Å². The van der Waals surface area contributed by atoms with Gasteiger partial charge < -0.3 is 5.73 Å². The summed E-state index contributed by atoms with van der Waals surface area (Å²) in [5.74, 6) is 0. The summed E-state index contributed by atoms with van der Waals surface area (Å²) in [5, 5.41) is 4.04. The summed E-state index contributed by atoms with van der Waals surface area (Å²) in [6, 6.07) is 6.67. The van der Waals surface area contributed by atoms with Crippen molar-refractivity contribution >= 4 is 15.7 Å². The molecule has 0 atom stereocenters. The third kappa shape index (κ3) is 2.94. The number of aromatic nitrogens is 2. The van der Waals surface area contributed by atoms with Crippen molar-refractivity contribution in [2.24, 2.45) is 0 Å². The van der Waals surface area contributed by atoms with Crippen molar-refractivity contribution in [3.63, 3.8) is 0 Å². The molecule has 0 saturated heterocycles. The topological polar surface area (TPSA) is 90.0 Å². The maximum Gasteiger partial charge on any atom is 0.242 e. The van der Waals surface area contributed by atoms with Crippen molar-refractivity contribution < 1.29 is 8.42 Å². The Balaban J connectivity index is 2.47. The first-order valence-electron chi connectivity index (χ1n) is 5.94. The van der Waals surface area contributed by atoms with Crippen LogP contribution in [0, 0.1) is 0 Å². The molecule has 0 aliphatic carbocycles. The van der Waals surface area contributed by atoms with Crippen LogP contribution in [0.1, 0.15) is 13.3 Å². The SMILES string of the molecule is CCCNS(=O)(=O)c1ccccc1-n1cc(N)cn1. The van der Waals surface area contributed by atoms with E-state index in [0.717, 1.165) is 6.42 Å². The molecule has 0 unspecified atom stereocenters. The smallest absolute Gasteiger partial charge is 0.242 e. The van der Waals surface area contributed by atoms with E-state index < -0.39 is 10.0 Å². The number of anilines is 1. The molecule has 1 aromatic heterocycles. The van der Waals surface area contributed by atoms with E-state index >= 15 is 0 Å². The quantitative estimate of drug-likeness (QED) is 0.859. The lowest BCUT2D eigenvalue weighted by molar-refractivity contribution is 0.579. The first-order chi connectivity index (χ1) is 9.04. The number of sulfonamides is 1. The predicted octanol–water partition coefficient (Wildman–Crippen LogP) is 1.14. The number of nitrogens with zero attached hydrogens (tertiary/aromatic N) is 2. The Bertz CT molecular complexity index is 664. The average Bonchev–Trinajstić information content (AvgIpc) is 2.83. The molecular weight excluding hydrogens is 264 g/mol. The van der Waals surface area contributed by atoms with Gasteiger partial charge in [0.05, 0.1) is 23.8 Å². The van der Waals surface area contributed by atoms with Gasteiger partial charge in [0, 0.05) is 6.54 Å². The van der Waals surface area contributed by atoms with Gasteiger partial charge in [-0.2, -0.15) is 5.10 Å². The molecule has 0 aliphatic heterocycles. The molecule has 3 N–H and O–H groups in total. The standard InChI is InChI=1S/C12H16N4O2S/c1-2-7-15-19(17,18)12-6-4-3-5-11(12)16-9-10(13)8-14-16/h3-6,8-9,15H,2,7,13H2,1H3. The zero-order chi connectivity index (χ0) is 13.9. The molecule has 6 nitrogen and oxygen atoms in total. The third-order valence-corrected chi connectivity index (χ3v) is 4.05. The minimum absolute atomic E-state index is 0.187. The van der Waals surface area contributed by atoms with Crippen LogP contribution in [-0.4, -0.2) is 24.7 Å². The summed E-state index contributed by atoms with van der Waals surface area (Å²) in [6.45, 7) is 2.31. The summed E-state index contributed by atoms with van der Waals surface area (Å²) in [5.41, 5.74) is 6.56. The molecule has 0 amide bonds. The number of para-hydroxylation sites is 1. The van der Waals surface area contributed by atoms with Gasteiger partial charge in [-0.1, -0.05) is 19.1 Å². The molecule has 1 heterocycles. The van der Waals surface area contributed by atoms with E-state index in [1.54, 1.807) is 30.5 Å². The van der Waals surface area contributed by atoms with Gasteiger partial charge in [-0.25, -0.2) is 17.8 Å². The number of benzene rings is 1. The highest BCUT2D eigenvalue weighted by atomic mass is 32.2.